The summed E-state index contributed by atoms with van der Waals surface area (Å²) in [6, 6.07) is 0.360. The van der Waals surface area contributed by atoms with Crippen LogP contribution in [0.3, 0.4) is 0 Å². The quantitative estimate of drug-likeness (QED) is 0.789. The highest BCUT2D eigenvalue weighted by atomic mass is 16.1. The second kappa shape index (κ2) is 5.44. The van der Waals surface area contributed by atoms with Gasteiger partial charge in [-0.25, -0.2) is 0 Å². The topological polar surface area (TPSA) is 46.2 Å². The van der Waals surface area contributed by atoms with Gasteiger partial charge in [0.05, 0.1) is 0 Å². The molecule has 3 heteroatoms. The first-order chi connectivity index (χ1) is 11.3. The van der Waals surface area contributed by atoms with Crippen LogP contribution >= 0.6 is 0 Å². The van der Waals surface area contributed by atoms with Crippen LogP contribution < -0.4 is 5.32 Å². The van der Waals surface area contributed by atoms with Crippen molar-refractivity contribution in [1.29, 1.82) is 0 Å². The van der Waals surface area contributed by atoms with Crippen molar-refractivity contribution in [3.63, 3.8) is 0 Å². The molecule has 0 aromatic rings. The van der Waals surface area contributed by atoms with E-state index >= 15 is 0 Å². The zero-order valence-corrected chi connectivity index (χ0v) is 15.4. The Bertz CT molecular complexity index is 609. The minimum absolute atomic E-state index is 0.121. The highest BCUT2D eigenvalue weighted by Crippen LogP contribution is 2.65. The number of nitrogens with one attached hydrogen (secondary N) is 1. The Balaban J connectivity index is 1.62. The zero-order chi connectivity index (χ0) is 17.1. The summed E-state index contributed by atoms with van der Waals surface area (Å²) < 4.78 is 0. The molecule has 0 spiro atoms. The van der Waals surface area contributed by atoms with Gasteiger partial charge in [0, 0.05) is 19.4 Å². The third kappa shape index (κ3) is 2.23. The van der Waals surface area contributed by atoms with E-state index < -0.39 is 0 Å². The summed E-state index contributed by atoms with van der Waals surface area (Å²) in [6.45, 7) is 6.52. The third-order valence-corrected chi connectivity index (χ3v) is 8.34. The summed E-state index contributed by atoms with van der Waals surface area (Å²) in [5.74, 6) is 2.71. The Morgan fingerprint density at radius 2 is 1.88 bits per heavy atom. The molecule has 1 amide bonds. The SMILES string of the molecule is CC(=O)NC1CCC2C3CCC4=CC(=O)CCC4(C)C3CCC12C. The van der Waals surface area contributed by atoms with Gasteiger partial charge in [-0.05, 0) is 79.6 Å². The van der Waals surface area contributed by atoms with E-state index in [9.17, 15) is 9.59 Å². The van der Waals surface area contributed by atoms with E-state index in [2.05, 4.69) is 19.2 Å². The van der Waals surface area contributed by atoms with Gasteiger partial charge >= 0.3 is 0 Å². The lowest BCUT2D eigenvalue weighted by molar-refractivity contribution is -0.121. The van der Waals surface area contributed by atoms with Crippen molar-refractivity contribution in [1.82, 2.24) is 5.32 Å². The molecule has 24 heavy (non-hydrogen) atoms. The van der Waals surface area contributed by atoms with Gasteiger partial charge in [0.2, 0.25) is 5.91 Å². The highest BCUT2D eigenvalue weighted by molar-refractivity contribution is 5.91. The maximum absolute atomic E-state index is 11.9. The predicted octanol–water partition coefficient (Wildman–Crippen LogP) is 4.02. The maximum atomic E-state index is 11.9. The Morgan fingerprint density at radius 3 is 2.62 bits per heavy atom. The van der Waals surface area contributed by atoms with Gasteiger partial charge in [0.25, 0.3) is 0 Å². The standard InChI is InChI=1S/C21H31NO2/c1-13(23)22-19-7-6-17-16-5-4-14-12-15(24)8-10-20(14,2)18(16)9-11-21(17,19)3/h12,16-19H,4-11H2,1-3H3,(H,22,23). The average molecular weight is 329 g/mol. The third-order valence-electron chi connectivity index (χ3n) is 8.34. The van der Waals surface area contributed by atoms with E-state index in [0.717, 1.165) is 43.4 Å². The van der Waals surface area contributed by atoms with Crippen molar-refractivity contribution < 1.29 is 9.59 Å². The fraction of sp³-hybridized carbons (Fsp3) is 0.810. The lowest BCUT2D eigenvalue weighted by Crippen LogP contribution is -2.53. The van der Waals surface area contributed by atoms with Crippen LogP contribution in [0, 0.1) is 28.6 Å². The van der Waals surface area contributed by atoms with Crippen LogP contribution in [0.15, 0.2) is 11.6 Å². The molecule has 0 aromatic carbocycles. The Labute approximate surface area is 145 Å². The number of ketones is 1. The van der Waals surface area contributed by atoms with Crippen molar-refractivity contribution in [2.75, 3.05) is 0 Å². The van der Waals surface area contributed by atoms with E-state index in [1.807, 2.05) is 6.08 Å². The summed E-state index contributed by atoms with van der Waals surface area (Å²) in [7, 11) is 0. The molecule has 0 saturated heterocycles. The van der Waals surface area contributed by atoms with E-state index in [0.29, 0.717) is 11.8 Å². The van der Waals surface area contributed by atoms with E-state index in [1.165, 1.54) is 31.3 Å². The summed E-state index contributed by atoms with van der Waals surface area (Å²) >= 11 is 0. The van der Waals surface area contributed by atoms with E-state index in [-0.39, 0.29) is 16.7 Å². The number of hydrogen-bond acceptors (Lipinski definition) is 2. The van der Waals surface area contributed by atoms with E-state index in [4.69, 9.17) is 0 Å². The average Bonchev–Trinajstić information content (AvgIpc) is 2.84. The molecule has 4 aliphatic rings. The van der Waals surface area contributed by atoms with Gasteiger partial charge in [0.1, 0.15) is 0 Å². The molecule has 3 nitrogen and oxygen atoms in total. The smallest absolute Gasteiger partial charge is 0.217 e. The van der Waals surface area contributed by atoms with Crippen molar-refractivity contribution in [3.8, 4) is 0 Å². The van der Waals surface area contributed by atoms with Crippen molar-refractivity contribution in [3.05, 3.63) is 11.6 Å². The molecule has 0 radical (unpaired) electrons. The first-order valence-corrected chi connectivity index (χ1v) is 9.85. The van der Waals surface area contributed by atoms with Gasteiger partial charge in [-0.2, -0.15) is 0 Å². The van der Waals surface area contributed by atoms with Crippen LogP contribution in [0.25, 0.3) is 0 Å². The number of carbonyl (C=O) groups excluding carboxylic acids is 2. The first-order valence-electron chi connectivity index (χ1n) is 9.85. The normalized spacial score (nSPS) is 47.3. The lowest BCUT2D eigenvalue weighted by atomic mass is 9.47. The molecule has 3 fully saturated rings. The lowest BCUT2D eigenvalue weighted by Gasteiger charge is -2.58. The Hall–Kier alpha value is -1.12. The number of allylic oxidation sites excluding steroid dienone is 1. The Morgan fingerprint density at radius 1 is 1.08 bits per heavy atom. The number of rotatable bonds is 1. The molecule has 1 N–H and O–H groups in total. The van der Waals surface area contributed by atoms with Crippen molar-refractivity contribution in [2.24, 2.45) is 28.6 Å². The van der Waals surface area contributed by atoms with Crippen LogP contribution in [0.4, 0.5) is 0 Å². The summed E-state index contributed by atoms with van der Waals surface area (Å²) in [6.07, 6.45) is 11.0. The fourth-order valence-corrected chi connectivity index (χ4v) is 7.04. The number of hydrogen-bond donors (Lipinski definition) is 1. The van der Waals surface area contributed by atoms with Gasteiger partial charge in [-0.3, -0.25) is 9.59 Å². The first kappa shape index (κ1) is 16.4. The van der Waals surface area contributed by atoms with Crippen LogP contribution in [0.1, 0.15) is 72.1 Å². The molecule has 4 rings (SSSR count). The van der Waals surface area contributed by atoms with Gasteiger partial charge < -0.3 is 5.32 Å². The highest BCUT2D eigenvalue weighted by Gasteiger charge is 2.59. The largest absolute Gasteiger partial charge is 0.353 e. The monoisotopic (exact) mass is 329 g/mol. The molecule has 6 atom stereocenters. The predicted molar refractivity (Wildman–Crippen MR) is 94.3 cm³/mol. The fourth-order valence-electron chi connectivity index (χ4n) is 7.04. The molecule has 132 valence electrons. The van der Waals surface area contributed by atoms with Gasteiger partial charge in [-0.15, -0.1) is 0 Å². The molecular weight excluding hydrogens is 298 g/mol. The van der Waals surface area contributed by atoms with Crippen molar-refractivity contribution in [2.45, 2.75) is 78.2 Å². The van der Waals surface area contributed by atoms with Crippen molar-refractivity contribution >= 4 is 11.7 Å². The van der Waals surface area contributed by atoms with Gasteiger partial charge in [-0.1, -0.05) is 19.4 Å². The van der Waals surface area contributed by atoms with E-state index in [1.54, 1.807) is 6.92 Å². The number of fused-ring (bicyclic) bond motifs is 5. The van der Waals surface area contributed by atoms with Crippen LogP contribution in [0.5, 0.6) is 0 Å². The molecule has 0 heterocycles. The van der Waals surface area contributed by atoms with Gasteiger partial charge in [0.15, 0.2) is 5.78 Å². The molecule has 4 aliphatic carbocycles. The second-order valence-corrected chi connectivity index (χ2v) is 9.34. The summed E-state index contributed by atoms with van der Waals surface area (Å²) in [4.78, 5) is 23.5. The zero-order valence-electron chi connectivity index (χ0n) is 15.4. The molecule has 3 saturated carbocycles. The Kier molecular flexibility index (Phi) is 3.71. The van der Waals surface area contributed by atoms with Crippen LogP contribution in [-0.4, -0.2) is 17.7 Å². The number of carbonyl (C=O) groups is 2. The van der Waals surface area contributed by atoms with Crippen LogP contribution in [-0.2, 0) is 9.59 Å². The molecule has 0 bridgehead atoms. The van der Waals surface area contributed by atoms with Crippen LogP contribution in [0.2, 0.25) is 0 Å². The molecule has 0 aliphatic heterocycles. The minimum atomic E-state index is 0.121. The number of amides is 1. The minimum Gasteiger partial charge on any atom is -0.353 e. The molecular formula is C21H31NO2. The summed E-state index contributed by atoms with van der Waals surface area (Å²) in [5, 5.41) is 3.25. The summed E-state index contributed by atoms with van der Waals surface area (Å²) in [5.41, 5.74) is 1.97. The maximum Gasteiger partial charge on any atom is 0.217 e. The molecule has 0 aromatic heterocycles. The second-order valence-electron chi connectivity index (χ2n) is 9.34. The molecule has 6 unspecified atom stereocenters.